The van der Waals surface area contributed by atoms with Gasteiger partial charge < -0.3 is 20.3 Å². The van der Waals surface area contributed by atoms with E-state index in [1.54, 1.807) is 17.1 Å². The van der Waals surface area contributed by atoms with Gasteiger partial charge in [-0.3, -0.25) is 14.4 Å². The number of hydrogen-bond donors (Lipinski definition) is 2. The lowest BCUT2D eigenvalue weighted by atomic mass is 9.74. The van der Waals surface area contributed by atoms with E-state index in [4.69, 9.17) is 4.74 Å². The third-order valence-electron chi connectivity index (χ3n) is 6.91. The second-order valence-corrected chi connectivity index (χ2v) is 9.79. The van der Waals surface area contributed by atoms with Crippen molar-refractivity contribution in [3.8, 4) is 0 Å². The molecular formula is C27H28FN3O4. The van der Waals surface area contributed by atoms with Crippen LogP contribution in [0.5, 0.6) is 0 Å². The third kappa shape index (κ3) is 4.01. The van der Waals surface area contributed by atoms with Gasteiger partial charge in [-0.1, -0.05) is 56.3 Å². The maximum absolute atomic E-state index is 13.7. The van der Waals surface area contributed by atoms with E-state index in [-0.39, 0.29) is 23.6 Å². The molecule has 0 aliphatic carbocycles. The Bertz CT molecular complexity index is 1170. The Morgan fingerprint density at radius 1 is 1.09 bits per heavy atom. The number of halogens is 1. The maximum atomic E-state index is 13.7. The highest BCUT2D eigenvalue weighted by atomic mass is 19.1. The fraction of sp³-hybridized carbons (Fsp3) is 0.370. The van der Waals surface area contributed by atoms with Gasteiger partial charge in [0, 0.05) is 18.8 Å². The average molecular weight is 478 g/mol. The normalized spacial score (nSPS) is 28.5. The number of carbonyl (C=O) groups is 3. The zero-order valence-electron chi connectivity index (χ0n) is 19.6. The van der Waals surface area contributed by atoms with Crippen LogP contribution in [0.1, 0.15) is 19.4 Å². The Hall–Kier alpha value is -3.52. The summed E-state index contributed by atoms with van der Waals surface area (Å²) >= 11 is 0. The van der Waals surface area contributed by atoms with Crippen molar-refractivity contribution < 1.29 is 23.5 Å². The molecule has 7 nitrogen and oxygen atoms in total. The van der Waals surface area contributed by atoms with Crippen LogP contribution in [-0.2, 0) is 25.7 Å². The molecule has 2 aromatic rings. The third-order valence-corrected chi connectivity index (χ3v) is 6.91. The highest BCUT2D eigenvalue weighted by molar-refractivity contribution is 6.02. The molecule has 1 spiro atoms. The number of hydrogen-bond acceptors (Lipinski definition) is 4. The average Bonchev–Trinajstić information content (AvgIpc) is 3.47. The van der Waals surface area contributed by atoms with Crippen LogP contribution in [0.4, 0.5) is 10.1 Å². The highest BCUT2D eigenvalue weighted by Gasteiger charge is 2.72. The molecule has 182 valence electrons. The molecule has 3 amide bonds. The molecule has 2 fully saturated rings. The van der Waals surface area contributed by atoms with Crippen LogP contribution in [0, 0.1) is 23.6 Å². The van der Waals surface area contributed by atoms with Crippen LogP contribution < -0.4 is 10.6 Å². The molecule has 3 heterocycles. The topological polar surface area (TPSA) is 87.7 Å². The Kier molecular flexibility index (Phi) is 5.92. The van der Waals surface area contributed by atoms with Gasteiger partial charge >= 0.3 is 0 Å². The van der Waals surface area contributed by atoms with Crippen molar-refractivity contribution in [3.05, 3.63) is 78.1 Å². The van der Waals surface area contributed by atoms with Gasteiger partial charge in [0.2, 0.25) is 17.7 Å². The van der Waals surface area contributed by atoms with Gasteiger partial charge in [-0.25, -0.2) is 4.39 Å². The highest BCUT2D eigenvalue weighted by Crippen LogP contribution is 2.55. The van der Waals surface area contributed by atoms with Crippen molar-refractivity contribution in [3.63, 3.8) is 0 Å². The van der Waals surface area contributed by atoms with E-state index >= 15 is 0 Å². The van der Waals surface area contributed by atoms with Crippen LogP contribution in [0.25, 0.3) is 0 Å². The van der Waals surface area contributed by atoms with E-state index in [0.29, 0.717) is 18.8 Å². The lowest BCUT2D eigenvalue weighted by Crippen LogP contribution is -2.55. The van der Waals surface area contributed by atoms with Crippen LogP contribution in [0.15, 0.2) is 66.7 Å². The summed E-state index contributed by atoms with van der Waals surface area (Å²) < 4.78 is 19.6. The van der Waals surface area contributed by atoms with E-state index in [2.05, 4.69) is 10.6 Å². The number of nitrogens with one attached hydrogen (secondary N) is 2. The van der Waals surface area contributed by atoms with Crippen molar-refractivity contribution in [2.24, 2.45) is 17.8 Å². The maximum Gasteiger partial charge on any atom is 0.246 e. The molecule has 0 unspecified atom stereocenters. The molecule has 5 rings (SSSR count). The van der Waals surface area contributed by atoms with E-state index < -0.39 is 35.4 Å². The molecular weight excluding hydrogens is 449 g/mol. The summed E-state index contributed by atoms with van der Waals surface area (Å²) in [6.45, 7) is 4.65. The molecule has 2 bridgehead atoms. The van der Waals surface area contributed by atoms with Crippen LogP contribution in [0.3, 0.4) is 0 Å². The van der Waals surface area contributed by atoms with Crippen molar-refractivity contribution in [1.29, 1.82) is 0 Å². The molecule has 0 radical (unpaired) electrons. The molecule has 2 N–H and O–H groups in total. The number of amides is 3. The molecule has 2 saturated heterocycles. The Balaban J connectivity index is 1.42. The minimum Gasteiger partial charge on any atom is -0.359 e. The molecule has 0 saturated carbocycles. The molecule has 35 heavy (non-hydrogen) atoms. The van der Waals surface area contributed by atoms with Crippen LogP contribution >= 0.6 is 0 Å². The number of nitrogens with zero attached hydrogens (tertiary/aromatic N) is 1. The number of benzene rings is 2. The molecule has 8 heteroatoms. The number of carbonyl (C=O) groups excluding carboxylic acids is 3. The van der Waals surface area contributed by atoms with Crippen molar-refractivity contribution >= 4 is 23.4 Å². The summed E-state index contributed by atoms with van der Waals surface area (Å²) in [4.78, 5) is 42.1. The van der Waals surface area contributed by atoms with Gasteiger partial charge in [0.05, 0.1) is 17.9 Å². The first kappa shape index (κ1) is 23.2. The largest absolute Gasteiger partial charge is 0.359 e. The SMILES string of the molecule is CC(C)CN1C(=O)[C@@H]2[C@H](C(=O)Nc3ccc(F)cc3)[C@H]3C=C[C@@]2(O3)[C@@H]1C(=O)NCc1ccccc1. The van der Waals surface area contributed by atoms with Crippen molar-refractivity contribution in [2.45, 2.75) is 38.1 Å². The second-order valence-electron chi connectivity index (χ2n) is 9.79. The van der Waals surface area contributed by atoms with Crippen LogP contribution in [-0.4, -0.2) is 46.9 Å². The summed E-state index contributed by atoms with van der Waals surface area (Å²) in [5, 5.41) is 5.74. The number of anilines is 1. The molecule has 3 aliphatic rings. The zero-order chi connectivity index (χ0) is 24.7. The number of likely N-dealkylation sites (tertiary alicyclic amines) is 1. The van der Waals surface area contributed by atoms with Gasteiger partial charge in [0.25, 0.3) is 0 Å². The zero-order valence-corrected chi connectivity index (χ0v) is 19.6. The van der Waals surface area contributed by atoms with Gasteiger partial charge in [-0.15, -0.1) is 0 Å². The fourth-order valence-electron chi connectivity index (χ4n) is 5.50. The quantitative estimate of drug-likeness (QED) is 0.601. The first-order valence-corrected chi connectivity index (χ1v) is 11.9. The molecule has 5 atom stereocenters. The van der Waals surface area contributed by atoms with E-state index in [9.17, 15) is 18.8 Å². The van der Waals surface area contributed by atoms with Gasteiger partial charge in [0.1, 0.15) is 17.5 Å². The first-order valence-electron chi connectivity index (χ1n) is 11.9. The van der Waals surface area contributed by atoms with Gasteiger partial charge in [0.15, 0.2) is 0 Å². The Morgan fingerprint density at radius 3 is 2.49 bits per heavy atom. The number of fused-ring (bicyclic) bond motifs is 1. The second kappa shape index (κ2) is 8.92. The molecule has 3 aliphatic heterocycles. The van der Waals surface area contributed by atoms with E-state index in [1.807, 2.05) is 44.2 Å². The standard InChI is InChI=1S/C27H28FN3O4/c1-16(2)15-31-23(25(33)29-14-17-6-4-3-5-7-17)27-13-12-20(35-27)21(22(27)26(31)34)24(32)30-19-10-8-18(28)9-11-19/h3-13,16,20-23H,14-15H2,1-2H3,(H,29,33)(H,30,32)/t20-,21-,22+,23+,27+/m1/s1. The van der Waals surface area contributed by atoms with Gasteiger partial charge in [-0.05, 0) is 35.7 Å². The summed E-state index contributed by atoms with van der Waals surface area (Å²) in [6, 6.07) is 14.1. The fourth-order valence-corrected chi connectivity index (χ4v) is 5.50. The molecule has 2 aromatic carbocycles. The van der Waals surface area contributed by atoms with Crippen molar-refractivity contribution in [2.75, 3.05) is 11.9 Å². The predicted octanol–water partition coefficient (Wildman–Crippen LogP) is 2.89. The Morgan fingerprint density at radius 2 is 1.80 bits per heavy atom. The van der Waals surface area contributed by atoms with Crippen molar-refractivity contribution in [1.82, 2.24) is 10.2 Å². The summed E-state index contributed by atoms with van der Waals surface area (Å²) in [5.41, 5.74) is 0.166. The number of rotatable bonds is 7. The monoisotopic (exact) mass is 477 g/mol. The summed E-state index contributed by atoms with van der Waals surface area (Å²) in [5.74, 6) is -2.86. The predicted molar refractivity (Wildman–Crippen MR) is 127 cm³/mol. The lowest BCUT2D eigenvalue weighted by Gasteiger charge is -2.32. The van der Waals surface area contributed by atoms with E-state index in [0.717, 1.165) is 5.56 Å². The minimum atomic E-state index is -1.21. The van der Waals surface area contributed by atoms with Gasteiger partial charge in [-0.2, -0.15) is 0 Å². The van der Waals surface area contributed by atoms with Crippen LogP contribution in [0.2, 0.25) is 0 Å². The summed E-state index contributed by atoms with van der Waals surface area (Å²) in [7, 11) is 0. The first-order chi connectivity index (χ1) is 16.8. The smallest absolute Gasteiger partial charge is 0.246 e. The van der Waals surface area contributed by atoms with E-state index in [1.165, 1.54) is 24.3 Å². The molecule has 0 aromatic heterocycles. The number of ether oxygens (including phenoxy) is 1. The Labute approximate surface area is 203 Å². The lowest BCUT2D eigenvalue weighted by molar-refractivity contribution is -0.141. The minimum absolute atomic E-state index is 0.117. The summed E-state index contributed by atoms with van der Waals surface area (Å²) in [6.07, 6.45) is 2.94.